The fourth-order valence-electron chi connectivity index (χ4n) is 1.13. The summed E-state index contributed by atoms with van der Waals surface area (Å²) in [6, 6.07) is 5.98. The number of benzene rings is 1. The first-order valence-electron chi connectivity index (χ1n) is 4.34. The van der Waals surface area contributed by atoms with Gasteiger partial charge in [-0.15, -0.1) is 0 Å². The van der Waals surface area contributed by atoms with Crippen molar-refractivity contribution in [1.29, 1.82) is 0 Å². The highest BCUT2D eigenvalue weighted by Gasteiger charge is 2.59. The Bertz CT molecular complexity index is 410. The number of ether oxygens (including phenoxy) is 1. The first-order valence-corrected chi connectivity index (χ1v) is 4.34. The van der Waals surface area contributed by atoms with Gasteiger partial charge in [0, 0.05) is 0 Å². The molecular formula is C10H7F2NO2. The largest absolute Gasteiger partial charge is 0.484 e. The average Bonchev–Trinajstić information content (AvgIpc) is 2.78. The number of aliphatic imine (C=N–C) groups is 1. The summed E-state index contributed by atoms with van der Waals surface area (Å²) in [4.78, 5) is 13.3. The van der Waals surface area contributed by atoms with Crippen LogP contribution in [-0.4, -0.2) is 18.1 Å². The number of halogens is 2. The number of isocyanates is 1. The van der Waals surface area contributed by atoms with Gasteiger partial charge in [0.15, 0.2) is 6.10 Å². The van der Waals surface area contributed by atoms with Gasteiger partial charge in [-0.25, -0.2) is 13.6 Å². The molecule has 1 aromatic rings. The van der Waals surface area contributed by atoms with Gasteiger partial charge in [0.1, 0.15) is 5.75 Å². The van der Waals surface area contributed by atoms with Crippen molar-refractivity contribution in [3.63, 3.8) is 0 Å². The predicted molar refractivity (Wildman–Crippen MR) is 48.2 cm³/mol. The third kappa shape index (κ3) is 2.19. The van der Waals surface area contributed by atoms with E-state index in [-0.39, 0.29) is 6.42 Å². The molecule has 0 bridgehead atoms. The zero-order valence-corrected chi connectivity index (χ0v) is 7.61. The summed E-state index contributed by atoms with van der Waals surface area (Å²) < 4.78 is 30.0. The van der Waals surface area contributed by atoms with Crippen molar-refractivity contribution in [1.82, 2.24) is 0 Å². The molecule has 0 heterocycles. The lowest BCUT2D eigenvalue weighted by Gasteiger charge is -2.04. The Morgan fingerprint density at radius 2 is 2.00 bits per heavy atom. The molecule has 3 nitrogen and oxygen atoms in total. The van der Waals surface area contributed by atoms with Crippen LogP contribution in [0.3, 0.4) is 0 Å². The minimum absolute atomic E-state index is 0.235. The second-order valence-corrected chi connectivity index (χ2v) is 3.27. The molecule has 1 saturated carbocycles. The quantitative estimate of drug-likeness (QED) is 0.569. The summed E-state index contributed by atoms with van der Waals surface area (Å²) >= 11 is 0. The van der Waals surface area contributed by atoms with E-state index < -0.39 is 12.0 Å². The minimum Gasteiger partial charge on any atom is -0.484 e. The van der Waals surface area contributed by atoms with Crippen molar-refractivity contribution in [3.8, 4) is 5.75 Å². The molecule has 1 aromatic carbocycles. The highest BCUT2D eigenvalue weighted by Crippen LogP contribution is 2.44. The minimum atomic E-state index is -2.69. The van der Waals surface area contributed by atoms with Gasteiger partial charge in [0.2, 0.25) is 6.08 Å². The second-order valence-electron chi connectivity index (χ2n) is 3.27. The fraction of sp³-hybridized carbons (Fsp3) is 0.300. The molecule has 5 heteroatoms. The van der Waals surface area contributed by atoms with E-state index in [2.05, 4.69) is 4.99 Å². The summed E-state index contributed by atoms with van der Waals surface area (Å²) in [5, 5.41) is 0. The Kier molecular flexibility index (Phi) is 2.25. The van der Waals surface area contributed by atoms with Crippen molar-refractivity contribution >= 4 is 11.8 Å². The predicted octanol–water partition coefficient (Wildman–Crippen LogP) is 2.44. The third-order valence-corrected chi connectivity index (χ3v) is 2.06. The van der Waals surface area contributed by atoms with Crippen LogP contribution < -0.4 is 4.74 Å². The molecule has 0 aromatic heterocycles. The van der Waals surface area contributed by atoms with E-state index in [1.165, 1.54) is 30.3 Å². The lowest BCUT2D eigenvalue weighted by atomic mass is 10.3. The van der Waals surface area contributed by atoms with Gasteiger partial charge >= 0.3 is 0 Å². The highest BCUT2D eigenvalue weighted by molar-refractivity contribution is 5.50. The van der Waals surface area contributed by atoms with Gasteiger partial charge in [-0.05, 0) is 24.3 Å². The molecule has 1 atom stereocenters. The monoisotopic (exact) mass is 211 g/mol. The number of hydrogen-bond acceptors (Lipinski definition) is 3. The van der Waals surface area contributed by atoms with Gasteiger partial charge in [0.05, 0.1) is 12.1 Å². The molecule has 0 saturated heterocycles. The molecule has 0 amide bonds. The molecule has 0 spiro atoms. The molecule has 1 aliphatic carbocycles. The molecule has 1 fully saturated rings. The Morgan fingerprint density at radius 1 is 1.40 bits per heavy atom. The molecule has 2 rings (SSSR count). The van der Waals surface area contributed by atoms with Crippen LogP contribution >= 0.6 is 0 Å². The normalized spacial score (nSPS) is 21.6. The van der Waals surface area contributed by atoms with Crippen LogP contribution in [0, 0.1) is 0 Å². The SMILES string of the molecule is O=C=Nc1ccc(OC2CC2(F)F)cc1. The number of rotatable bonds is 3. The maximum atomic E-state index is 12.5. The third-order valence-electron chi connectivity index (χ3n) is 2.06. The first-order chi connectivity index (χ1) is 7.12. The Labute approximate surface area is 84.4 Å². The smallest absolute Gasteiger partial charge is 0.288 e. The lowest BCUT2D eigenvalue weighted by molar-refractivity contribution is 0.0665. The van der Waals surface area contributed by atoms with Crippen molar-refractivity contribution in [2.45, 2.75) is 18.4 Å². The van der Waals surface area contributed by atoms with Gasteiger partial charge in [0.25, 0.3) is 5.92 Å². The summed E-state index contributed by atoms with van der Waals surface area (Å²) in [6.07, 6.45) is 0.133. The lowest BCUT2D eigenvalue weighted by Crippen LogP contribution is -2.06. The Morgan fingerprint density at radius 3 is 2.47 bits per heavy atom. The molecule has 78 valence electrons. The van der Waals surface area contributed by atoms with Gasteiger partial charge in [-0.2, -0.15) is 4.99 Å². The topological polar surface area (TPSA) is 38.7 Å². The van der Waals surface area contributed by atoms with Crippen LogP contribution in [0.15, 0.2) is 29.3 Å². The molecule has 0 aliphatic heterocycles. The Balaban J connectivity index is 2.02. The highest BCUT2D eigenvalue weighted by atomic mass is 19.3. The molecule has 0 radical (unpaired) electrons. The van der Waals surface area contributed by atoms with E-state index in [4.69, 9.17) is 4.74 Å². The van der Waals surface area contributed by atoms with Gasteiger partial charge in [-0.1, -0.05) is 0 Å². The van der Waals surface area contributed by atoms with Gasteiger partial charge in [-0.3, -0.25) is 0 Å². The van der Waals surface area contributed by atoms with Crippen LogP contribution in [0.25, 0.3) is 0 Å². The Hall–Kier alpha value is -1.74. The van der Waals surface area contributed by atoms with Crippen molar-refractivity contribution in [2.75, 3.05) is 0 Å². The first kappa shape index (κ1) is 9.80. The van der Waals surface area contributed by atoms with E-state index >= 15 is 0 Å². The van der Waals surface area contributed by atoms with Crippen molar-refractivity contribution < 1.29 is 18.3 Å². The van der Waals surface area contributed by atoms with E-state index in [1.807, 2.05) is 0 Å². The zero-order chi connectivity index (χ0) is 10.9. The molecule has 15 heavy (non-hydrogen) atoms. The van der Waals surface area contributed by atoms with Gasteiger partial charge < -0.3 is 4.74 Å². The number of carbonyl (C=O) groups excluding carboxylic acids is 1. The fourth-order valence-corrected chi connectivity index (χ4v) is 1.13. The summed E-state index contributed by atoms with van der Waals surface area (Å²) in [5.41, 5.74) is 0.417. The molecular weight excluding hydrogens is 204 g/mol. The standard InChI is InChI=1S/C10H7F2NO2/c11-10(12)5-9(10)15-8-3-1-7(2-4-8)13-6-14/h1-4,9H,5H2. The molecule has 1 unspecified atom stereocenters. The van der Waals surface area contributed by atoms with Crippen molar-refractivity contribution in [3.05, 3.63) is 24.3 Å². The summed E-state index contributed by atoms with van der Waals surface area (Å²) in [5.74, 6) is -2.35. The van der Waals surface area contributed by atoms with Crippen LogP contribution in [-0.2, 0) is 4.79 Å². The second kappa shape index (κ2) is 3.44. The van der Waals surface area contributed by atoms with E-state index in [0.29, 0.717) is 11.4 Å². The zero-order valence-electron chi connectivity index (χ0n) is 7.61. The number of hydrogen-bond donors (Lipinski definition) is 0. The van der Waals surface area contributed by atoms with E-state index in [0.717, 1.165) is 0 Å². The van der Waals surface area contributed by atoms with Crippen LogP contribution in [0.1, 0.15) is 6.42 Å². The number of nitrogens with zero attached hydrogens (tertiary/aromatic N) is 1. The van der Waals surface area contributed by atoms with Crippen LogP contribution in [0.2, 0.25) is 0 Å². The van der Waals surface area contributed by atoms with E-state index in [9.17, 15) is 13.6 Å². The number of alkyl halides is 2. The molecule has 1 aliphatic rings. The maximum Gasteiger partial charge on any atom is 0.288 e. The molecule has 0 N–H and O–H groups in total. The average molecular weight is 211 g/mol. The van der Waals surface area contributed by atoms with Crippen LogP contribution in [0.5, 0.6) is 5.75 Å². The maximum absolute atomic E-state index is 12.5. The van der Waals surface area contributed by atoms with Crippen molar-refractivity contribution in [2.24, 2.45) is 4.99 Å². The summed E-state index contributed by atoms with van der Waals surface area (Å²) in [7, 11) is 0. The van der Waals surface area contributed by atoms with Crippen LogP contribution in [0.4, 0.5) is 14.5 Å². The van der Waals surface area contributed by atoms with E-state index in [1.54, 1.807) is 0 Å². The summed E-state index contributed by atoms with van der Waals surface area (Å²) in [6.45, 7) is 0.